The number of hydrogen-bond donors (Lipinski definition) is 1. The van der Waals surface area contributed by atoms with Crippen LogP contribution in [0.5, 0.6) is 0 Å². The molecule has 2 heteroatoms. The Bertz CT molecular complexity index is 412. The fraction of sp³-hybridized carbons (Fsp3) is 0.0769. The van der Waals surface area contributed by atoms with Gasteiger partial charge in [-0.25, -0.2) is 0 Å². The number of nitrogen functional groups attached to an aromatic ring is 1. The average molecular weight is 271 g/mol. The number of rotatable bonds is 2. The summed E-state index contributed by atoms with van der Waals surface area (Å²) in [5.74, 6) is 0. The van der Waals surface area contributed by atoms with Gasteiger partial charge in [-0.1, -0.05) is 18.2 Å². The number of benzene rings is 2. The molecule has 15 heavy (non-hydrogen) atoms. The summed E-state index contributed by atoms with van der Waals surface area (Å²) in [5.41, 5.74) is 9.04. The summed E-state index contributed by atoms with van der Waals surface area (Å²) >= 11 is 0. The number of hydrogen-bond acceptors (Lipinski definition) is 1. The van der Waals surface area contributed by atoms with Crippen LogP contribution in [0.4, 0.5) is 5.69 Å². The summed E-state index contributed by atoms with van der Waals surface area (Å²) in [6.45, 7) is 0. The van der Waals surface area contributed by atoms with Gasteiger partial charge in [-0.3, -0.25) is 0 Å². The Labute approximate surface area is 116 Å². The quantitative estimate of drug-likeness (QED) is 0.659. The molecule has 2 aromatic rings. The van der Waals surface area contributed by atoms with Crippen LogP contribution in [0, 0.1) is 6.07 Å². The Morgan fingerprint density at radius 2 is 1.73 bits per heavy atom. The van der Waals surface area contributed by atoms with Gasteiger partial charge in [-0.05, 0) is 18.1 Å². The van der Waals surface area contributed by atoms with E-state index in [0.29, 0.717) is 0 Å². The molecule has 0 amide bonds. The summed E-state index contributed by atoms with van der Waals surface area (Å²) in [4.78, 5) is 0. The van der Waals surface area contributed by atoms with Gasteiger partial charge in [-0.2, -0.15) is 35.9 Å². The van der Waals surface area contributed by atoms with Crippen LogP contribution >= 0.6 is 0 Å². The minimum atomic E-state index is 0. The summed E-state index contributed by atoms with van der Waals surface area (Å²) in [5, 5.41) is 0. The van der Waals surface area contributed by atoms with E-state index < -0.39 is 0 Å². The molecule has 2 aromatic carbocycles. The first kappa shape index (κ1) is 12.4. The molecule has 0 saturated heterocycles. The SMILES string of the molecule is Nc1ccccc1Cc1[c-]cccc1.[Y]. The van der Waals surface area contributed by atoms with Crippen molar-refractivity contribution in [3.05, 3.63) is 65.7 Å². The topological polar surface area (TPSA) is 26.0 Å². The Balaban J connectivity index is 0.00000112. The standard InChI is InChI=1S/C13H12N.Y/c14-13-9-5-4-8-12(13)10-11-6-2-1-3-7-11;/h1-6,8-9H,10,14H2;/q-1;. The van der Waals surface area contributed by atoms with Gasteiger partial charge >= 0.3 is 0 Å². The monoisotopic (exact) mass is 271 g/mol. The van der Waals surface area contributed by atoms with Crippen molar-refractivity contribution in [1.29, 1.82) is 0 Å². The fourth-order valence-corrected chi connectivity index (χ4v) is 1.44. The summed E-state index contributed by atoms with van der Waals surface area (Å²) in [6, 6.07) is 19.1. The molecule has 0 unspecified atom stereocenters. The van der Waals surface area contributed by atoms with Gasteiger partial charge in [0.05, 0.1) is 0 Å². The van der Waals surface area contributed by atoms with Crippen LogP contribution in [0.2, 0.25) is 0 Å². The predicted molar refractivity (Wildman–Crippen MR) is 58.9 cm³/mol. The van der Waals surface area contributed by atoms with E-state index in [2.05, 4.69) is 18.2 Å². The second-order valence-electron chi connectivity index (χ2n) is 3.26. The largest absolute Gasteiger partial charge is 0.398 e. The van der Waals surface area contributed by atoms with Gasteiger partial charge in [0, 0.05) is 38.4 Å². The van der Waals surface area contributed by atoms with Crippen molar-refractivity contribution in [2.75, 3.05) is 5.73 Å². The molecule has 0 saturated carbocycles. The summed E-state index contributed by atoms with van der Waals surface area (Å²) < 4.78 is 0. The summed E-state index contributed by atoms with van der Waals surface area (Å²) in [6.07, 6.45) is 0.855. The van der Waals surface area contributed by atoms with Crippen LogP contribution in [-0.4, -0.2) is 0 Å². The van der Waals surface area contributed by atoms with E-state index in [1.165, 1.54) is 5.56 Å². The van der Waals surface area contributed by atoms with Gasteiger partial charge in [0.15, 0.2) is 0 Å². The van der Waals surface area contributed by atoms with E-state index in [1.54, 1.807) is 0 Å². The molecule has 0 fully saturated rings. The molecular weight excluding hydrogens is 259 g/mol. The first-order valence-electron chi connectivity index (χ1n) is 4.65. The molecule has 73 valence electrons. The van der Waals surface area contributed by atoms with E-state index in [9.17, 15) is 0 Å². The predicted octanol–water partition coefficient (Wildman–Crippen LogP) is 2.66. The Morgan fingerprint density at radius 3 is 2.40 bits per heavy atom. The molecule has 0 heterocycles. The molecule has 1 radical (unpaired) electrons. The zero-order valence-electron chi connectivity index (χ0n) is 8.48. The molecule has 2 rings (SSSR count). The average Bonchev–Trinajstić information content (AvgIpc) is 2.23. The molecule has 0 atom stereocenters. The third-order valence-corrected chi connectivity index (χ3v) is 2.21. The molecule has 1 nitrogen and oxygen atoms in total. The van der Waals surface area contributed by atoms with Crippen molar-refractivity contribution in [3.8, 4) is 0 Å². The smallest absolute Gasteiger partial charge is 0.0349 e. The molecule has 0 spiro atoms. The van der Waals surface area contributed by atoms with Crippen molar-refractivity contribution < 1.29 is 32.7 Å². The van der Waals surface area contributed by atoms with Crippen LogP contribution in [0.1, 0.15) is 11.1 Å². The third kappa shape index (κ3) is 3.44. The molecule has 0 bridgehead atoms. The second kappa shape index (κ2) is 6.04. The maximum absolute atomic E-state index is 5.85. The van der Waals surface area contributed by atoms with Crippen molar-refractivity contribution in [2.45, 2.75) is 6.42 Å². The maximum Gasteiger partial charge on any atom is 0.0349 e. The maximum atomic E-state index is 5.85. The number of nitrogens with two attached hydrogens (primary N) is 1. The van der Waals surface area contributed by atoms with Gasteiger partial charge in [-0.15, -0.1) is 0 Å². The molecule has 2 N–H and O–H groups in total. The normalized spacial score (nSPS) is 9.33. The van der Waals surface area contributed by atoms with Crippen LogP contribution in [-0.2, 0) is 39.1 Å². The van der Waals surface area contributed by atoms with E-state index in [1.807, 2.05) is 36.4 Å². The molecule has 0 aliphatic heterocycles. The first-order chi connectivity index (χ1) is 6.86. The second-order valence-corrected chi connectivity index (χ2v) is 3.26. The van der Waals surface area contributed by atoms with E-state index in [4.69, 9.17) is 5.73 Å². The van der Waals surface area contributed by atoms with Gasteiger partial charge in [0.2, 0.25) is 0 Å². The fourth-order valence-electron chi connectivity index (χ4n) is 1.44. The van der Waals surface area contributed by atoms with Gasteiger partial charge in [0.1, 0.15) is 0 Å². The van der Waals surface area contributed by atoms with Crippen molar-refractivity contribution in [2.24, 2.45) is 0 Å². The minimum Gasteiger partial charge on any atom is -0.398 e. The molecule has 0 aliphatic carbocycles. The van der Waals surface area contributed by atoms with Crippen LogP contribution in [0.25, 0.3) is 0 Å². The van der Waals surface area contributed by atoms with E-state index in [-0.39, 0.29) is 32.7 Å². The Kier molecular flexibility index (Phi) is 5.00. The van der Waals surface area contributed by atoms with Gasteiger partial charge < -0.3 is 5.73 Å². The number of anilines is 1. The van der Waals surface area contributed by atoms with Crippen molar-refractivity contribution in [1.82, 2.24) is 0 Å². The Morgan fingerprint density at radius 1 is 1.00 bits per heavy atom. The van der Waals surface area contributed by atoms with E-state index in [0.717, 1.165) is 17.7 Å². The van der Waals surface area contributed by atoms with Crippen LogP contribution < -0.4 is 5.73 Å². The third-order valence-electron chi connectivity index (χ3n) is 2.21. The van der Waals surface area contributed by atoms with E-state index >= 15 is 0 Å². The molecule has 0 aromatic heterocycles. The zero-order valence-corrected chi connectivity index (χ0v) is 11.3. The van der Waals surface area contributed by atoms with Gasteiger partial charge in [0.25, 0.3) is 0 Å². The minimum absolute atomic E-state index is 0. The zero-order chi connectivity index (χ0) is 9.80. The van der Waals surface area contributed by atoms with Crippen molar-refractivity contribution in [3.63, 3.8) is 0 Å². The van der Waals surface area contributed by atoms with Crippen molar-refractivity contribution >= 4 is 5.69 Å². The summed E-state index contributed by atoms with van der Waals surface area (Å²) in [7, 11) is 0. The Hall–Kier alpha value is -0.656. The first-order valence-corrected chi connectivity index (χ1v) is 4.65. The molecular formula is C13H12NY-. The molecule has 0 aliphatic rings. The van der Waals surface area contributed by atoms with Crippen LogP contribution in [0.15, 0.2) is 48.5 Å². The number of para-hydroxylation sites is 1. The van der Waals surface area contributed by atoms with Crippen LogP contribution in [0.3, 0.4) is 0 Å².